The molecule has 0 saturated heterocycles. The number of nitrogens with two attached hydrogens (primary N) is 1. The number of hydrogen-bond acceptors (Lipinski definition) is 4. The Kier molecular flexibility index (Phi) is 7.69. The highest BCUT2D eigenvalue weighted by Crippen LogP contribution is 2.37. The van der Waals surface area contributed by atoms with Crippen LogP contribution in [0.15, 0.2) is 22.7 Å². The molecule has 0 fully saturated rings. The summed E-state index contributed by atoms with van der Waals surface area (Å²) in [4.78, 5) is 11.5. The molecule has 120 valence electrons. The molecule has 0 saturated carbocycles. The van der Waals surface area contributed by atoms with Gasteiger partial charge in [0, 0.05) is 6.08 Å². The summed E-state index contributed by atoms with van der Waals surface area (Å²) in [6.07, 6.45) is 2.99. The Bertz CT molecular complexity index is 579. The van der Waals surface area contributed by atoms with Crippen LogP contribution in [0, 0.1) is 0 Å². The molecule has 0 aromatic heterocycles. The fourth-order valence-corrected chi connectivity index (χ4v) is 2.19. The van der Waals surface area contributed by atoms with Crippen molar-refractivity contribution in [3.05, 3.63) is 28.2 Å². The van der Waals surface area contributed by atoms with E-state index < -0.39 is 0 Å². The molecule has 1 amide bonds. The molecule has 0 unspecified atom stereocenters. The van der Waals surface area contributed by atoms with Crippen molar-refractivity contribution in [1.29, 1.82) is 0 Å². The number of hydrazine groups is 1. The average molecular weight is 388 g/mol. The minimum Gasteiger partial charge on any atom is -0.490 e. The molecule has 1 rings (SSSR count). The van der Waals surface area contributed by atoms with Crippen molar-refractivity contribution in [3.63, 3.8) is 0 Å². The number of rotatable bonds is 6. The van der Waals surface area contributed by atoms with Crippen LogP contribution in [0.5, 0.6) is 11.5 Å². The molecule has 0 bridgehead atoms. The molecule has 4 N–H and O–H groups in total. The van der Waals surface area contributed by atoms with E-state index in [1.54, 1.807) is 12.1 Å². The van der Waals surface area contributed by atoms with Gasteiger partial charge < -0.3 is 15.2 Å². The van der Waals surface area contributed by atoms with Crippen molar-refractivity contribution in [2.24, 2.45) is 5.73 Å². The third kappa shape index (κ3) is 5.90. The maximum absolute atomic E-state index is 11.5. The second-order valence-electron chi connectivity index (χ2n) is 4.01. The number of carbonyl (C=O) groups excluding carboxylic acids is 1. The van der Waals surface area contributed by atoms with Crippen molar-refractivity contribution in [1.82, 2.24) is 10.9 Å². The monoisotopic (exact) mass is 387 g/mol. The first-order chi connectivity index (χ1) is 10.5. The number of benzene rings is 1. The number of nitrogens with one attached hydrogen (secondary N) is 2. The summed E-state index contributed by atoms with van der Waals surface area (Å²) in [7, 11) is 0. The summed E-state index contributed by atoms with van der Waals surface area (Å²) >= 11 is 8.03. The van der Waals surface area contributed by atoms with Gasteiger partial charge in [0.2, 0.25) is 0 Å². The minimum absolute atomic E-state index is 0.0100. The molecule has 1 aromatic carbocycles. The summed E-state index contributed by atoms with van der Waals surface area (Å²) in [5, 5.41) is -0.0100. The predicted octanol–water partition coefficient (Wildman–Crippen LogP) is 2.12. The first kappa shape index (κ1) is 18.2. The van der Waals surface area contributed by atoms with Crippen LogP contribution in [0.2, 0.25) is 0 Å². The van der Waals surface area contributed by atoms with Crippen molar-refractivity contribution in [3.8, 4) is 11.5 Å². The highest BCUT2D eigenvalue weighted by atomic mass is 79.9. The molecule has 0 spiro atoms. The van der Waals surface area contributed by atoms with Crippen LogP contribution in [0.4, 0.5) is 0 Å². The molecule has 0 aliphatic heterocycles. The smallest absolute Gasteiger partial charge is 0.262 e. The SMILES string of the molecule is CCOc1cc(/C=C/C(=O)NNC(N)=S)cc(Br)c1OCC. The van der Waals surface area contributed by atoms with Gasteiger partial charge in [0.05, 0.1) is 17.7 Å². The Hall–Kier alpha value is -1.80. The van der Waals surface area contributed by atoms with Crippen LogP contribution in [-0.2, 0) is 4.79 Å². The van der Waals surface area contributed by atoms with Gasteiger partial charge in [-0.25, -0.2) is 0 Å². The van der Waals surface area contributed by atoms with E-state index in [4.69, 9.17) is 15.2 Å². The average Bonchev–Trinajstić information content (AvgIpc) is 2.46. The van der Waals surface area contributed by atoms with Crippen LogP contribution in [0.25, 0.3) is 6.08 Å². The number of carbonyl (C=O) groups is 1. The van der Waals surface area contributed by atoms with Gasteiger partial charge >= 0.3 is 0 Å². The molecule has 0 atom stereocenters. The Morgan fingerprint density at radius 3 is 2.59 bits per heavy atom. The second kappa shape index (κ2) is 9.26. The van der Waals surface area contributed by atoms with Gasteiger partial charge in [0.1, 0.15) is 0 Å². The van der Waals surface area contributed by atoms with Gasteiger partial charge in [-0.15, -0.1) is 0 Å². The van der Waals surface area contributed by atoms with Crippen molar-refractivity contribution >= 4 is 45.2 Å². The van der Waals surface area contributed by atoms with Crippen LogP contribution in [0.1, 0.15) is 19.4 Å². The lowest BCUT2D eigenvalue weighted by atomic mass is 10.2. The van der Waals surface area contributed by atoms with E-state index >= 15 is 0 Å². The van der Waals surface area contributed by atoms with Crippen LogP contribution >= 0.6 is 28.1 Å². The van der Waals surface area contributed by atoms with Gasteiger partial charge in [0.25, 0.3) is 5.91 Å². The summed E-state index contributed by atoms with van der Waals surface area (Å²) in [6, 6.07) is 3.63. The Morgan fingerprint density at radius 1 is 1.32 bits per heavy atom. The molecular weight excluding hydrogens is 370 g/mol. The predicted molar refractivity (Wildman–Crippen MR) is 93.6 cm³/mol. The molecule has 0 aliphatic rings. The topological polar surface area (TPSA) is 85.6 Å². The summed E-state index contributed by atoms with van der Waals surface area (Å²) in [5.74, 6) is 0.872. The Morgan fingerprint density at radius 2 is 2.00 bits per heavy atom. The van der Waals surface area contributed by atoms with E-state index in [1.165, 1.54) is 6.08 Å². The van der Waals surface area contributed by atoms with E-state index in [2.05, 4.69) is 39.0 Å². The summed E-state index contributed by atoms with van der Waals surface area (Å²) in [5.41, 5.74) is 10.7. The molecule has 1 aromatic rings. The lowest BCUT2D eigenvalue weighted by molar-refractivity contribution is -0.116. The zero-order valence-electron chi connectivity index (χ0n) is 12.3. The number of thiocarbonyl (C=S) groups is 1. The minimum atomic E-state index is -0.379. The Labute approximate surface area is 143 Å². The van der Waals surface area contributed by atoms with Crippen LogP contribution in [-0.4, -0.2) is 24.2 Å². The number of amides is 1. The van der Waals surface area contributed by atoms with E-state index in [0.29, 0.717) is 24.7 Å². The molecule has 6 nitrogen and oxygen atoms in total. The van der Waals surface area contributed by atoms with E-state index in [1.807, 2.05) is 19.9 Å². The largest absolute Gasteiger partial charge is 0.490 e. The molecule has 8 heteroatoms. The van der Waals surface area contributed by atoms with E-state index in [0.717, 1.165) is 10.0 Å². The molecule has 0 aliphatic carbocycles. The standard InChI is InChI=1S/C14H18BrN3O3S/c1-3-20-11-8-9(7-10(15)13(11)21-4-2)5-6-12(19)17-18-14(16)22/h5-8H,3-4H2,1-2H3,(H,17,19)(H3,16,18,22)/b6-5+. The molecule has 22 heavy (non-hydrogen) atoms. The van der Waals surface area contributed by atoms with Crippen LogP contribution in [0.3, 0.4) is 0 Å². The van der Waals surface area contributed by atoms with Gasteiger partial charge in [-0.3, -0.25) is 15.6 Å². The van der Waals surface area contributed by atoms with Crippen molar-refractivity contribution < 1.29 is 14.3 Å². The first-order valence-electron chi connectivity index (χ1n) is 6.60. The maximum atomic E-state index is 11.5. The maximum Gasteiger partial charge on any atom is 0.262 e. The van der Waals surface area contributed by atoms with Crippen molar-refractivity contribution in [2.45, 2.75) is 13.8 Å². The number of ether oxygens (including phenoxy) is 2. The quantitative estimate of drug-likeness (QED) is 0.393. The highest BCUT2D eigenvalue weighted by molar-refractivity contribution is 9.10. The van der Waals surface area contributed by atoms with Gasteiger partial charge in [0.15, 0.2) is 16.6 Å². The summed E-state index contributed by atoms with van der Waals surface area (Å²) < 4.78 is 11.9. The zero-order chi connectivity index (χ0) is 16.5. The van der Waals surface area contributed by atoms with Crippen LogP contribution < -0.4 is 26.1 Å². The van der Waals surface area contributed by atoms with Gasteiger partial charge in [-0.05, 0) is 65.8 Å². The number of hydrogen-bond donors (Lipinski definition) is 3. The third-order valence-corrected chi connectivity index (χ3v) is 3.05. The second-order valence-corrected chi connectivity index (χ2v) is 5.30. The normalized spacial score (nSPS) is 10.3. The van der Waals surface area contributed by atoms with E-state index in [9.17, 15) is 4.79 Å². The fraction of sp³-hybridized carbons (Fsp3) is 0.286. The Balaban J connectivity index is 2.91. The lowest BCUT2D eigenvalue weighted by Crippen LogP contribution is -2.43. The third-order valence-electron chi connectivity index (χ3n) is 2.36. The highest BCUT2D eigenvalue weighted by Gasteiger charge is 2.11. The molecule has 0 radical (unpaired) electrons. The lowest BCUT2D eigenvalue weighted by Gasteiger charge is -2.13. The van der Waals surface area contributed by atoms with Crippen molar-refractivity contribution in [2.75, 3.05) is 13.2 Å². The fourth-order valence-electron chi connectivity index (χ4n) is 1.57. The summed E-state index contributed by atoms with van der Waals surface area (Å²) in [6.45, 7) is 4.83. The van der Waals surface area contributed by atoms with Gasteiger partial charge in [-0.1, -0.05) is 0 Å². The molecular formula is C14H18BrN3O3S. The van der Waals surface area contributed by atoms with Gasteiger partial charge in [-0.2, -0.15) is 0 Å². The number of halogens is 1. The first-order valence-corrected chi connectivity index (χ1v) is 7.80. The zero-order valence-corrected chi connectivity index (χ0v) is 14.7. The molecule has 0 heterocycles. The van der Waals surface area contributed by atoms with E-state index in [-0.39, 0.29) is 11.0 Å².